The monoisotopic (exact) mass is 377 g/mol. The molecule has 0 bridgehead atoms. The molecule has 1 amide bonds. The van der Waals surface area contributed by atoms with Gasteiger partial charge in [0.05, 0.1) is 18.2 Å². The van der Waals surface area contributed by atoms with Gasteiger partial charge < -0.3 is 14.8 Å². The number of nitrogens with zero attached hydrogens (tertiary/aromatic N) is 4. The molecular formula is C22H27N5O. The maximum Gasteiger partial charge on any atom is 0.228 e. The Balaban J connectivity index is 1.50. The molecule has 2 heterocycles. The first-order valence-corrected chi connectivity index (χ1v) is 9.85. The Hall–Kier alpha value is -2.73. The summed E-state index contributed by atoms with van der Waals surface area (Å²) in [7, 11) is 6.21. The van der Waals surface area contributed by atoms with Crippen molar-refractivity contribution in [3.63, 3.8) is 0 Å². The predicted molar refractivity (Wildman–Crippen MR) is 112 cm³/mol. The first-order chi connectivity index (χ1) is 13.5. The number of imidazole rings is 1. The third-order valence-electron chi connectivity index (χ3n) is 5.88. The van der Waals surface area contributed by atoms with E-state index in [1.54, 1.807) is 6.33 Å². The van der Waals surface area contributed by atoms with E-state index in [0.29, 0.717) is 11.9 Å². The first kappa shape index (κ1) is 18.6. The summed E-state index contributed by atoms with van der Waals surface area (Å²) in [5, 5.41) is 5.14. The number of anilines is 1. The van der Waals surface area contributed by atoms with Crippen LogP contribution in [-0.2, 0) is 11.8 Å². The topological polar surface area (TPSA) is 63.1 Å². The lowest BCUT2D eigenvalue weighted by molar-refractivity contribution is -0.121. The van der Waals surface area contributed by atoms with Crippen molar-refractivity contribution in [1.29, 1.82) is 0 Å². The molecular weight excluding hydrogens is 350 g/mol. The van der Waals surface area contributed by atoms with Gasteiger partial charge in [0.25, 0.3) is 0 Å². The van der Waals surface area contributed by atoms with E-state index in [9.17, 15) is 4.79 Å². The zero-order valence-corrected chi connectivity index (χ0v) is 16.7. The van der Waals surface area contributed by atoms with Crippen LogP contribution in [0.15, 0.2) is 43.0 Å². The van der Waals surface area contributed by atoms with E-state index in [1.165, 1.54) is 0 Å². The highest BCUT2D eigenvalue weighted by molar-refractivity contribution is 5.95. The van der Waals surface area contributed by atoms with E-state index >= 15 is 0 Å². The van der Waals surface area contributed by atoms with Gasteiger partial charge in [-0.05, 0) is 57.3 Å². The van der Waals surface area contributed by atoms with Crippen LogP contribution in [0.1, 0.15) is 25.7 Å². The lowest BCUT2D eigenvalue weighted by Crippen LogP contribution is -2.35. The Morgan fingerprint density at radius 3 is 2.57 bits per heavy atom. The van der Waals surface area contributed by atoms with Gasteiger partial charge in [0.15, 0.2) is 0 Å². The van der Waals surface area contributed by atoms with Gasteiger partial charge in [-0.2, -0.15) is 0 Å². The molecule has 6 nitrogen and oxygen atoms in total. The van der Waals surface area contributed by atoms with E-state index in [0.717, 1.165) is 47.7 Å². The quantitative estimate of drug-likeness (QED) is 0.753. The van der Waals surface area contributed by atoms with Crippen molar-refractivity contribution < 1.29 is 4.79 Å². The van der Waals surface area contributed by atoms with Crippen molar-refractivity contribution in [2.24, 2.45) is 13.0 Å². The second-order valence-electron chi connectivity index (χ2n) is 7.98. The number of fused-ring (bicyclic) bond motifs is 1. The molecule has 6 heteroatoms. The number of hydrogen-bond donors (Lipinski definition) is 1. The Morgan fingerprint density at radius 1 is 1.11 bits per heavy atom. The Morgan fingerprint density at radius 2 is 1.89 bits per heavy atom. The van der Waals surface area contributed by atoms with Gasteiger partial charge in [-0.3, -0.25) is 4.79 Å². The van der Waals surface area contributed by atoms with Crippen LogP contribution in [0, 0.1) is 5.92 Å². The van der Waals surface area contributed by atoms with E-state index in [4.69, 9.17) is 0 Å². The molecule has 1 saturated carbocycles. The molecule has 4 rings (SSSR count). The minimum Gasteiger partial charge on any atom is -0.334 e. The fourth-order valence-corrected chi connectivity index (χ4v) is 4.09. The van der Waals surface area contributed by atoms with Crippen molar-refractivity contribution >= 4 is 22.5 Å². The summed E-state index contributed by atoms with van der Waals surface area (Å²) in [5.41, 5.74) is 2.15. The van der Waals surface area contributed by atoms with Crippen LogP contribution in [-0.4, -0.2) is 45.5 Å². The smallest absolute Gasteiger partial charge is 0.228 e. The van der Waals surface area contributed by atoms with Gasteiger partial charge in [-0.15, -0.1) is 0 Å². The van der Waals surface area contributed by atoms with Crippen LogP contribution in [0.5, 0.6) is 0 Å². The van der Waals surface area contributed by atoms with E-state index in [-0.39, 0.29) is 11.8 Å². The second kappa shape index (κ2) is 7.72. The molecule has 146 valence electrons. The van der Waals surface area contributed by atoms with E-state index < -0.39 is 0 Å². The molecule has 1 N–H and O–H groups in total. The Bertz CT molecular complexity index is 986. The van der Waals surface area contributed by atoms with Gasteiger partial charge in [0.2, 0.25) is 5.91 Å². The number of carbonyl (C=O) groups excluding carboxylic acids is 1. The number of aryl methyl sites for hydroxylation is 1. The molecule has 0 radical (unpaired) electrons. The first-order valence-electron chi connectivity index (χ1n) is 9.85. The number of hydrogen-bond acceptors (Lipinski definition) is 4. The maximum absolute atomic E-state index is 12.7. The zero-order chi connectivity index (χ0) is 19.7. The fraction of sp³-hybridized carbons (Fsp3) is 0.409. The van der Waals surface area contributed by atoms with Gasteiger partial charge in [0, 0.05) is 36.2 Å². The van der Waals surface area contributed by atoms with Gasteiger partial charge in [0.1, 0.15) is 5.82 Å². The highest BCUT2D eigenvalue weighted by atomic mass is 16.1. The van der Waals surface area contributed by atoms with Crippen LogP contribution in [0.4, 0.5) is 5.82 Å². The molecule has 1 aromatic carbocycles. The number of amides is 1. The van der Waals surface area contributed by atoms with E-state index in [1.807, 2.05) is 30.1 Å². The number of aromatic nitrogens is 3. The molecule has 2 aromatic heterocycles. The summed E-state index contributed by atoms with van der Waals surface area (Å²) >= 11 is 0. The molecule has 1 fully saturated rings. The molecule has 0 spiro atoms. The molecule has 3 aromatic rings. The third-order valence-corrected chi connectivity index (χ3v) is 5.88. The number of pyridine rings is 1. The average molecular weight is 377 g/mol. The highest BCUT2D eigenvalue weighted by Crippen LogP contribution is 2.28. The largest absolute Gasteiger partial charge is 0.334 e. The van der Waals surface area contributed by atoms with Crippen molar-refractivity contribution in [2.45, 2.75) is 31.7 Å². The van der Waals surface area contributed by atoms with Crippen LogP contribution in [0.3, 0.4) is 0 Å². The van der Waals surface area contributed by atoms with Crippen LogP contribution >= 0.6 is 0 Å². The minimum atomic E-state index is 0.0782. The van der Waals surface area contributed by atoms with Crippen LogP contribution in [0.2, 0.25) is 0 Å². The lowest BCUT2D eigenvalue weighted by Gasteiger charge is -2.31. The second-order valence-corrected chi connectivity index (χ2v) is 7.98. The Labute approximate surface area is 165 Å². The fourth-order valence-electron chi connectivity index (χ4n) is 4.09. The summed E-state index contributed by atoms with van der Waals surface area (Å²) in [5.74, 6) is 0.788. The van der Waals surface area contributed by atoms with Gasteiger partial charge >= 0.3 is 0 Å². The van der Waals surface area contributed by atoms with Crippen molar-refractivity contribution in [1.82, 2.24) is 19.4 Å². The normalized spacial score (nSPS) is 19.9. The Kier molecular flexibility index (Phi) is 5.13. The van der Waals surface area contributed by atoms with Gasteiger partial charge in [-0.1, -0.05) is 12.1 Å². The van der Waals surface area contributed by atoms with Crippen molar-refractivity contribution in [3.8, 4) is 11.3 Å². The average Bonchev–Trinajstić information content (AvgIpc) is 3.13. The van der Waals surface area contributed by atoms with Crippen molar-refractivity contribution in [3.05, 3.63) is 43.0 Å². The molecule has 0 saturated heterocycles. The van der Waals surface area contributed by atoms with Crippen LogP contribution in [0.25, 0.3) is 22.0 Å². The zero-order valence-electron chi connectivity index (χ0n) is 16.7. The summed E-state index contributed by atoms with van der Waals surface area (Å²) in [6.45, 7) is 0. The van der Waals surface area contributed by atoms with Crippen LogP contribution < -0.4 is 5.32 Å². The highest BCUT2D eigenvalue weighted by Gasteiger charge is 2.27. The predicted octanol–water partition coefficient (Wildman–Crippen LogP) is 3.69. The summed E-state index contributed by atoms with van der Waals surface area (Å²) < 4.78 is 2.00. The standard InChI is InChI=1S/C22H27N5O/c1-26(2)19-8-6-15(7-9-19)22(28)25-21-11-18-10-16(4-5-17(18)12-24-21)20-13-23-14-27(20)3/h4-5,10-15,19H,6-9H2,1-3H3,(H,24,25,28). The molecule has 0 aliphatic heterocycles. The minimum absolute atomic E-state index is 0.0782. The third kappa shape index (κ3) is 3.78. The molecule has 0 unspecified atom stereocenters. The van der Waals surface area contributed by atoms with Gasteiger partial charge in [-0.25, -0.2) is 9.97 Å². The summed E-state index contributed by atoms with van der Waals surface area (Å²) in [6.07, 6.45) is 9.49. The van der Waals surface area contributed by atoms with Crippen molar-refractivity contribution in [2.75, 3.05) is 19.4 Å². The SMILES string of the molecule is CN(C)C1CCC(C(=O)Nc2cc3cc(-c4cncn4C)ccc3cn2)CC1. The summed E-state index contributed by atoms with van der Waals surface area (Å²) in [4.78, 5) is 23.6. The molecule has 28 heavy (non-hydrogen) atoms. The van der Waals surface area contributed by atoms with E-state index in [2.05, 4.69) is 52.5 Å². The molecule has 0 atom stereocenters. The number of carbonyl (C=O) groups is 1. The number of nitrogens with one attached hydrogen (secondary N) is 1. The number of benzene rings is 1. The molecule has 1 aliphatic rings. The maximum atomic E-state index is 12.7. The summed E-state index contributed by atoms with van der Waals surface area (Å²) in [6, 6.07) is 8.79. The number of rotatable bonds is 4. The lowest BCUT2D eigenvalue weighted by atomic mass is 9.85. The molecule has 1 aliphatic carbocycles.